The Morgan fingerprint density at radius 1 is 0.441 bits per heavy atom. The summed E-state index contributed by atoms with van der Waals surface area (Å²) in [6.07, 6.45) is 73.2. The molecule has 0 rings (SSSR count). The first-order valence-corrected chi connectivity index (χ1v) is 28.5. The van der Waals surface area contributed by atoms with Gasteiger partial charge in [0.1, 0.15) is 6.10 Å². The molecule has 0 aromatic rings. The van der Waals surface area contributed by atoms with Gasteiger partial charge in [-0.05, 0) is 89.9 Å². The quantitative estimate of drug-likeness (QED) is 0.0244. The molecule has 0 aromatic carbocycles. The second-order valence-corrected chi connectivity index (χ2v) is 19.1. The lowest BCUT2D eigenvalue weighted by molar-refractivity contribution is -0.151. The summed E-state index contributed by atoms with van der Waals surface area (Å²) in [6, 6.07) is -0.732. The van der Waals surface area contributed by atoms with Gasteiger partial charge >= 0.3 is 5.97 Å². The molecule has 0 aliphatic heterocycles. The fraction of sp³-hybridized carbons (Fsp3) is 0.710. The predicted molar refractivity (Wildman–Crippen MR) is 296 cm³/mol. The minimum absolute atomic E-state index is 0.0251. The third-order valence-electron chi connectivity index (χ3n) is 12.5. The number of nitrogens with one attached hydrogen (secondary N) is 1. The maximum Gasteiger partial charge on any atom is 0.306 e. The van der Waals surface area contributed by atoms with E-state index in [1.165, 1.54) is 128 Å². The number of carbonyl (C=O) groups excluding carboxylic acids is 2. The molecule has 0 radical (unpaired) electrons. The highest BCUT2D eigenvalue weighted by Crippen LogP contribution is 2.17. The smallest absolute Gasteiger partial charge is 0.306 e. The first-order valence-electron chi connectivity index (χ1n) is 28.5. The van der Waals surface area contributed by atoms with Gasteiger partial charge in [-0.2, -0.15) is 0 Å². The average Bonchev–Trinajstić information content (AvgIpc) is 3.33. The summed E-state index contributed by atoms with van der Waals surface area (Å²) in [5.41, 5.74) is 0. The van der Waals surface area contributed by atoms with E-state index in [0.717, 1.165) is 77.0 Å². The molecule has 3 atom stereocenters. The van der Waals surface area contributed by atoms with Crippen molar-refractivity contribution in [3.05, 3.63) is 97.2 Å². The van der Waals surface area contributed by atoms with Crippen LogP contribution in [-0.4, -0.2) is 46.9 Å². The summed E-state index contributed by atoms with van der Waals surface area (Å²) in [6.45, 7) is 6.41. The number of carbonyl (C=O) groups is 2. The number of unbranched alkanes of at least 4 members (excludes halogenated alkanes) is 25. The van der Waals surface area contributed by atoms with E-state index in [0.29, 0.717) is 25.7 Å². The third-order valence-corrected chi connectivity index (χ3v) is 12.5. The highest BCUT2D eigenvalue weighted by Gasteiger charge is 2.24. The Balaban J connectivity index is 4.74. The average molecular weight is 947 g/mol. The van der Waals surface area contributed by atoms with E-state index in [2.05, 4.69) is 117 Å². The van der Waals surface area contributed by atoms with Crippen molar-refractivity contribution in [3.63, 3.8) is 0 Å². The van der Waals surface area contributed by atoms with Crippen molar-refractivity contribution in [2.45, 2.75) is 277 Å². The molecule has 0 saturated carbocycles. The SMILES string of the molecule is CCCCC/C=C\C/C=C\C/C=C\C/C=C\CCCC(=O)OC(CCCCC/C=C/C=C/C=C/C=C/CCCCC)CC(=O)NC(CO)C(O)CCCCCCCCCCCCCCCCCC. The van der Waals surface area contributed by atoms with Crippen LogP contribution in [0.15, 0.2) is 97.2 Å². The minimum atomic E-state index is -0.814. The van der Waals surface area contributed by atoms with Gasteiger partial charge in [-0.15, -0.1) is 0 Å². The molecule has 0 aliphatic carbocycles. The number of hydrogen-bond acceptors (Lipinski definition) is 5. The highest BCUT2D eigenvalue weighted by molar-refractivity contribution is 5.77. The van der Waals surface area contributed by atoms with Crippen molar-refractivity contribution in [1.82, 2.24) is 5.32 Å². The predicted octanol–water partition coefficient (Wildman–Crippen LogP) is 17.7. The van der Waals surface area contributed by atoms with Gasteiger partial charge in [0.15, 0.2) is 0 Å². The zero-order valence-corrected chi connectivity index (χ0v) is 44.5. The molecule has 68 heavy (non-hydrogen) atoms. The van der Waals surface area contributed by atoms with Crippen LogP contribution in [0.4, 0.5) is 0 Å². The van der Waals surface area contributed by atoms with Crippen LogP contribution in [-0.2, 0) is 14.3 Å². The van der Waals surface area contributed by atoms with Crippen LogP contribution in [0.2, 0.25) is 0 Å². The van der Waals surface area contributed by atoms with E-state index >= 15 is 0 Å². The molecule has 0 saturated heterocycles. The van der Waals surface area contributed by atoms with E-state index in [1.807, 2.05) is 6.08 Å². The van der Waals surface area contributed by atoms with Gasteiger partial charge in [-0.1, -0.05) is 253 Å². The van der Waals surface area contributed by atoms with Gasteiger partial charge in [0.2, 0.25) is 5.91 Å². The van der Waals surface area contributed by atoms with Gasteiger partial charge < -0.3 is 20.3 Å². The van der Waals surface area contributed by atoms with Gasteiger partial charge in [0, 0.05) is 6.42 Å². The lowest BCUT2D eigenvalue weighted by atomic mass is 10.0. The zero-order valence-electron chi connectivity index (χ0n) is 44.5. The summed E-state index contributed by atoms with van der Waals surface area (Å²) in [4.78, 5) is 26.2. The first-order chi connectivity index (χ1) is 33.5. The monoisotopic (exact) mass is 946 g/mol. The number of allylic oxidation sites excluding steroid dienone is 16. The number of hydrogen-bond donors (Lipinski definition) is 3. The Hall–Kier alpha value is -3.22. The van der Waals surface area contributed by atoms with Crippen molar-refractivity contribution in [3.8, 4) is 0 Å². The first kappa shape index (κ1) is 64.8. The Bertz CT molecular complexity index is 1340. The Labute approximate surface area is 420 Å². The standard InChI is InChI=1S/C62H107NO5/c1-4-7-10-13-16-19-22-25-28-31-34-37-40-43-46-49-52-55-62(67)68-58(53-50-47-44-41-38-35-32-29-26-23-20-17-14-11-8-5-2)56-61(66)63-59(57-64)60(65)54-51-48-45-42-39-36-33-30-27-24-21-18-15-12-9-6-3/h16-17,19-20,23,25-26,28-29,32,34-35,37-38,43,46,58-60,64-65H,4-15,18,21-22,24,27,30-31,33,36,39-42,44-45,47-57H2,1-3H3,(H,63,66)/b19-16-,20-17+,26-23+,28-25-,32-29+,37-34-,38-35+,46-43-. The van der Waals surface area contributed by atoms with Gasteiger partial charge in [0.05, 0.1) is 25.2 Å². The summed E-state index contributed by atoms with van der Waals surface area (Å²) in [5, 5.41) is 23.9. The summed E-state index contributed by atoms with van der Waals surface area (Å²) in [7, 11) is 0. The molecular weight excluding hydrogens is 839 g/mol. The van der Waals surface area contributed by atoms with Crippen molar-refractivity contribution in [1.29, 1.82) is 0 Å². The molecule has 6 heteroatoms. The Kier molecular flexibility index (Phi) is 52.1. The van der Waals surface area contributed by atoms with Crippen molar-refractivity contribution >= 4 is 11.9 Å². The summed E-state index contributed by atoms with van der Waals surface area (Å²) in [5.74, 6) is -0.582. The van der Waals surface area contributed by atoms with Crippen LogP contribution in [0.1, 0.15) is 258 Å². The fourth-order valence-electron chi connectivity index (χ4n) is 8.14. The number of aliphatic hydroxyl groups is 2. The van der Waals surface area contributed by atoms with E-state index in [1.54, 1.807) is 0 Å². The van der Waals surface area contributed by atoms with Crippen LogP contribution < -0.4 is 5.32 Å². The summed E-state index contributed by atoms with van der Waals surface area (Å²) < 4.78 is 5.91. The lowest BCUT2D eigenvalue weighted by Gasteiger charge is -2.24. The van der Waals surface area contributed by atoms with Crippen molar-refractivity contribution < 1.29 is 24.5 Å². The molecule has 6 nitrogen and oxygen atoms in total. The number of rotatable bonds is 50. The van der Waals surface area contributed by atoms with Crippen LogP contribution in [0.3, 0.4) is 0 Å². The number of ether oxygens (including phenoxy) is 1. The topological polar surface area (TPSA) is 95.9 Å². The molecule has 0 spiro atoms. The molecule has 390 valence electrons. The van der Waals surface area contributed by atoms with E-state index in [9.17, 15) is 19.8 Å². The molecule has 3 N–H and O–H groups in total. The summed E-state index contributed by atoms with van der Waals surface area (Å²) >= 11 is 0. The molecular formula is C62H107NO5. The lowest BCUT2D eigenvalue weighted by Crippen LogP contribution is -2.46. The molecule has 0 bridgehead atoms. The largest absolute Gasteiger partial charge is 0.462 e. The molecule has 3 unspecified atom stereocenters. The van der Waals surface area contributed by atoms with Crippen molar-refractivity contribution in [2.24, 2.45) is 0 Å². The van der Waals surface area contributed by atoms with Crippen LogP contribution in [0.25, 0.3) is 0 Å². The van der Waals surface area contributed by atoms with Gasteiger partial charge in [-0.3, -0.25) is 9.59 Å². The van der Waals surface area contributed by atoms with Crippen LogP contribution in [0, 0.1) is 0 Å². The van der Waals surface area contributed by atoms with E-state index in [4.69, 9.17) is 4.74 Å². The number of aliphatic hydroxyl groups excluding tert-OH is 2. The maximum atomic E-state index is 13.3. The van der Waals surface area contributed by atoms with Crippen LogP contribution >= 0.6 is 0 Å². The normalized spacial score (nSPS) is 13.9. The van der Waals surface area contributed by atoms with Gasteiger partial charge in [0.25, 0.3) is 0 Å². The minimum Gasteiger partial charge on any atom is -0.462 e. The molecule has 0 fully saturated rings. The molecule has 0 aliphatic rings. The zero-order chi connectivity index (χ0) is 49.5. The fourth-order valence-corrected chi connectivity index (χ4v) is 8.14. The highest BCUT2D eigenvalue weighted by atomic mass is 16.5. The molecule has 0 heterocycles. The second-order valence-electron chi connectivity index (χ2n) is 19.1. The van der Waals surface area contributed by atoms with Gasteiger partial charge in [-0.25, -0.2) is 0 Å². The third kappa shape index (κ3) is 49.2. The Morgan fingerprint density at radius 2 is 0.809 bits per heavy atom. The number of esters is 1. The maximum absolute atomic E-state index is 13.3. The molecule has 1 amide bonds. The second kappa shape index (κ2) is 54.7. The number of amides is 1. The van der Waals surface area contributed by atoms with E-state index in [-0.39, 0.29) is 24.9 Å². The van der Waals surface area contributed by atoms with Crippen molar-refractivity contribution in [2.75, 3.05) is 6.61 Å². The van der Waals surface area contributed by atoms with Crippen LogP contribution in [0.5, 0.6) is 0 Å². The molecule has 0 aromatic heterocycles. The van der Waals surface area contributed by atoms with E-state index < -0.39 is 18.2 Å². The Morgan fingerprint density at radius 3 is 1.29 bits per heavy atom.